The van der Waals surface area contributed by atoms with Gasteiger partial charge >= 0.3 is 5.97 Å². The van der Waals surface area contributed by atoms with E-state index in [9.17, 15) is 4.79 Å². The van der Waals surface area contributed by atoms with E-state index >= 15 is 0 Å². The fourth-order valence-corrected chi connectivity index (χ4v) is 3.13. The Labute approximate surface area is 188 Å². The number of aliphatic imine (C=N–C) groups is 1. The molecule has 1 rings (SSSR count). The summed E-state index contributed by atoms with van der Waals surface area (Å²) in [5.74, 6) is 1.50. The van der Waals surface area contributed by atoms with Crippen LogP contribution in [0.25, 0.3) is 0 Å². The summed E-state index contributed by atoms with van der Waals surface area (Å²) in [6.07, 6.45) is 5.77. The highest BCUT2D eigenvalue weighted by molar-refractivity contribution is 14.0. The number of nitrogens with one attached hydrogen (secondary N) is 1. The zero-order chi connectivity index (χ0) is 19.7. The monoisotopic (exact) mass is 513 g/mol. The Hall–Kier alpha value is -0.610. The molecule has 0 saturated carbocycles. The number of hydrogen-bond donors (Lipinski definition) is 1. The van der Waals surface area contributed by atoms with Crippen LogP contribution in [0.2, 0.25) is 0 Å². The van der Waals surface area contributed by atoms with E-state index in [1.54, 1.807) is 7.11 Å². The Kier molecular flexibility index (Phi) is 18.0. The number of carbonyl (C=O) groups excluding carboxylic acids is 1. The van der Waals surface area contributed by atoms with Crippen molar-refractivity contribution in [3.63, 3.8) is 0 Å². The molecule has 7 nitrogen and oxygen atoms in total. The summed E-state index contributed by atoms with van der Waals surface area (Å²) >= 11 is 0. The Morgan fingerprint density at radius 1 is 1.18 bits per heavy atom. The molecule has 0 amide bonds. The van der Waals surface area contributed by atoms with Gasteiger partial charge in [0.2, 0.25) is 0 Å². The number of guanidine groups is 1. The zero-order valence-electron chi connectivity index (χ0n) is 17.9. The van der Waals surface area contributed by atoms with Crippen molar-refractivity contribution in [1.82, 2.24) is 10.2 Å². The van der Waals surface area contributed by atoms with Crippen molar-refractivity contribution in [3.05, 3.63) is 0 Å². The largest absolute Gasteiger partial charge is 0.466 e. The fraction of sp³-hybridized carbons (Fsp3) is 0.900. The van der Waals surface area contributed by atoms with Crippen LogP contribution in [0, 0.1) is 5.92 Å². The lowest BCUT2D eigenvalue weighted by Crippen LogP contribution is -2.40. The first kappa shape index (κ1) is 27.4. The van der Waals surface area contributed by atoms with Gasteiger partial charge in [0.15, 0.2) is 5.96 Å². The molecule has 0 spiro atoms. The molecule has 1 fully saturated rings. The Balaban J connectivity index is 0.00000729. The molecule has 0 aromatic heterocycles. The molecule has 1 saturated heterocycles. The van der Waals surface area contributed by atoms with E-state index in [1.165, 1.54) is 0 Å². The van der Waals surface area contributed by atoms with Gasteiger partial charge in [-0.05, 0) is 33.1 Å². The van der Waals surface area contributed by atoms with Crippen molar-refractivity contribution in [2.75, 3.05) is 59.7 Å². The van der Waals surface area contributed by atoms with Gasteiger partial charge in [-0.3, -0.25) is 9.79 Å². The van der Waals surface area contributed by atoms with Crippen LogP contribution in [-0.4, -0.2) is 76.5 Å². The topological polar surface area (TPSA) is 72.4 Å². The summed E-state index contributed by atoms with van der Waals surface area (Å²) in [6.45, 7) is 10.3. The van der Waals surface area contributed by atoms with Gasteiger partial charge in [-0.15, -0.1) is 24.0 Å². The van der Waals surface area contributed by atoms with Crippen LogP contribution in [0.3, 0.4) is 0 Å². The minimum absolute atomic E-state index is 0. The van der Waals surface area contributed by atoms with E-state index in [0.717, 1.165) is 70.8 Å². The molecular formula is C20H40IN3O4. The van der Waals surface area contributed by atoms with Crippen LogP contribution in [0.1, 0.15) is 52.4 Å². The van der Waals surface area contributed by atoms with Crippen molar-refractivity contribution in [2.24, 2.45) is 10.9 Å². The molecule has 0 aromatic carbocycles. The first-order valence-corrected chi connectivity index (χ1v) is 10.5. The molecular weight excluding hydrogens is 473 g/mol. The average Bonchev–Trinajstić information content (AvgIpc) is 3.12. The van der Waals surface area contributed by atoms with Gasteiger partial charge in [-0.1, -0.05) is 12.8 Å². The SMILES string of the molecule is CCNC(=NCCCCCCC(=O)OCC)N1CCC(COCCOC)C1.I. The van der Waals surface area contributed by atoms with Gasteiger partial charge in [0, 0.05) is 45.6 Å². The number of hydrogen-bond acceptors (Lipinski definition) is 5. The third kappa shape index (κ3) is 12.8. The number of halogens is 1. The predicted molar refractivity (Wildman–Crippen MR) is 123 cm³/mol. The second-order valence-corrected chi connectivity index (χ2v) is 6.87. The molecule has 8 heteroatoms. The van der Waals surface area contributed by atoms with Gasteiger partial charge in [0.1, 0.15) is 0 Å². The number of likely N-dealkylation sites (tertiary alicyclic amines) is 1. The van der Waals surface area contributed by atoms with Gasteiger partial charge in [0.05, 0.1) is 26.4 Å². The van der Waals surface area contributed by atoms with Crippen molar-refractivity contribution < 1.29 is 19.0 Å². The van der Waals surface area contributed by atoms with Gasteiger partial charge in [-0.2, -0.15) is 0 Å². The summed E-state index contributed by atoms with van der Waals surface area (Å²) in [6, 6.07) is 0. The zero-order valence-corrected chi connectivity index (χ0v) is 20.2. The highest BCUT2D eigenvalue weighted by Gasteiger charge is 2.24. The maximum atomic E-state index is 11.3. The molecule has 1 unspecified atom stereocenters. The summed E-state index contributed by atoms with van der Waals surface area (Å²) in [5.41, 5.74) is 0. The van der Waals surface area contributed by atoms with E-state index < -0.39 is 0 Å². The highest BCUT2D eigenvalue weighted by Crippen LogP contribution is 2.16. The van der Waals surface area contributed by atoms with Crippen LogP contribution >= 0.6 is 24.0 Å². The fourth-order valence-electron chi connectivity index (χ4n) is 3.13. The van der Waals surface area contributed by atoms with Crippen LogP contribution in [0.4, 0.5) is 0 Å². The molecule has 0 aromatic rings. The molecule has 1 atom stereocenters. The minimum Gasteiger partial charge on any atom is -0.466 e. The van der Waals surface area contributed by atoms with Gasteiger partial charge in [0.25, 0.3) is 0 Å². The predicted octanol–water partition coefficient (Wildman–Crippen LogP) is 3.07. The Morgan fingerprint density at radius 2 is 1.96 bits per heavy atom. The summed E-state index contributed by atoms with van der Waals surface area (Å²) in [5, 5.41) is 3.41. The molecule has 0 radical (unpaired) electrons. The summed E-state index contributed by atoms with van der Waals surface area (Å²) < 4.78 is 15.6. The van der Waals surface area contributed by atoms with Crippen molar-refractivity contribution >= 4 is 35.9 Å². The quantitative estimate of drug-likeness (QED) is 0.127. The molecule has 1 N–H and O–H groups in total. The number of unbranched alkanes of at least 4 members (excludes halogenated alkanes) is 3. The number of rotatable bonds is 14. The van der Waals surface area contributed by atoms with Crippen molar-refractivity contribution in [1.29, 1.82) is 0 Å². The van der Waals surface area contributed by atoms with Crippen LogP contribution in [0.5, 0.6) is 0 Å². The number of carbonyl (C=O) groups is 1. The van der Waals surface area contributed by atoms with Gasteiger partial charge < -0.3 is 24.4 Å². The van der Waals surface area contributed by atoms with Crippen LogP contribution < -0.4 is 5.32 Å². The first-order valence-electron chi connectivity index (χ1n) is 10.5. The lowest BCUT2D eigenvalue weighted by Gasteiger charge is -2.21. The molecule has 1 aliphatic heterocycles. The molecule has 0 bridgehead atoms. The molecule has 1 heterocycles. The number of nitrogens with zero attached hydrogens (tertiary/aromatic N) is 2. The van der Waals surface area contributed by atoms with E-state index in [-0.39, 0.29) is 29.9 Å². The second kappa shape index (κ2) is 18.4. The maximum Gasteiger partial charge on any atom is 0.305 e. The molecule has 1 aliphatic rings. The van der Waals surface area contributed by atoms with E-state index in [0.29, 0.717) is 32.2 Å². The molecule has 28 heavy (non-hydrogen) atoms. The average molecular weight is 513 g/mol. The molecule has 0 aliphatic carbocycles. The summed E-state index contributed by atoms with van der Waals surface area (Å²) in [4.78, 5) is 18.4. The van der Waals surface area contributed by atoms with Gasteiger partial charge in [-0.25, -0.2) is 0 Å². The van der Waals surface area contributed by atoms with Crippen LogP contribution in [-0.2, 0) is 19.0 Å². The number of esters is 1. The van der Waals surface area contributed by atoms with Crippen LogP contribution in [0.15, 0.2) is 4.99 Å². The Bertz CT molecular complexity index is 424. The lowest BCUT2D eigenvalue weighted by molar-refractivity contribution is -0.143. The lowest BCUT2D eigenvalue weighted by atomic mass is 10.1. The first-order chi connectivity index (χ1) is 13.2. The highest BCUT2D eigenvalue weighted by atomic mass is 127. The minimum atomic E-state index is -0.0836. The Morgan fingerprint density at radius 3 is 2.68 bits per heavy atom. The van der Waals surface area contributed by atoms with E-state index in [4.69, 9.17) is 19.2 Å². The second-order valence-electron chi connectivity index (χ2n) is 6.87. The standard InChI is InChI=1S/C20H39N3O4.HI/c1-4-21-20(22-12-9-7-6-8-10-19(24)27-5-2)23-13-11-18(16-23)17-26-15-14-25-3;/h18H,4-17H2,1-3H3,(H,21,22);1H. The van der Waals surface area contributed by atoms with Crippen molar-refractivity contribution in [2.45, 2.75) is 52.4 Å². The molecule has 166 valence electrons. The van der Waals surface area contributed by atoms with E-state index in [1.807, 2.05) is 6.92 Å². The van der Waals surface area contributed by atoms with Crippen molar-refractivity contribution in [3.8, 4) is 0 Å². The smallest absolute Gasteiger partial charge is 0.305 e. The summed E-state index contributed by atoms with van der Waals surface area (Å²) in [7, 11) is 1.69. The third-order valence-electron chi connectivity index (χ3n) is 4.56. The number of methoxy groups -OCH3 is 1. The normalized spacial score (nSPS) is 16.8. The number of ether oxygens (including phenoxy) is 3. The third-order valence-corrected chi connectivity index (χ3v) is 4.56. The van der Waals surface area contributed by atoms with E-state index in [2.05, 4.69) is 17.1 Å². The maximum absolute atomic E-state index is 11.3.